The van der Waals surface area contributed by atoms with Gasteiger partial charge in [-0.25, -0.2) is 27.2 Å². The molecular formula is C35H29F4N5O5. The highest BCUT2D eigenvalue weighted by molar-refractivity contribution is 6.00. The number of methoxy groups -OCH3 is 1. The molecule has 2 atom stereocenters. The van der Waals surface area contributed by atoms with Crippen LogP contribution in [0.25, 0.3) is 22.2 Å². The number of nitrogens with zero attached hydrogens (tertiary/aromatic N) is 3. The number of benzene rings is 3. The summed E-state index contributed by atoms with van der Waals surface area (Å²) in [4.78, 5) is 30.8. The topological polar surface area (TPSA) is 142 Å². The summed E-state index contributed by atoms with van der Waals surface area (Å²) >= 11 is 0. The van der Waals surface area contributed by atoms with Crippen molar-refractivity contribution in [2.24, 2.45) is 5.73 Å². The Morgan fingerprint density at radius 2 is 1.80 bits per heavy atom. The van der Waals surface area contributed by atoms with Crippen molar-refractivity contribution in [3.05, 3.63) is 107 Å². The second-order valence-corrected chi connectivity index (χ2v) is 12.5. The predicted molar refractivity (Wildman–Crippen MR) is 168 cm³/mol. The summed E-state index contributed by atoms with van der Waals surface area (Å²) in [5.74, 6) is -6.88. The lowest BCUT2D eigenvalue weighted by molar-refractivity contribution is -0.123. The van der Waals surface area contributed by atoms with Crippen LogP contribution in [0, 0.1) is 17.5 Å². The van der Waals surface area contributed by atoms with E-state index in [1.807, 2.05) is 0 Å². The Hall–Kier alpha value is -5.50. The number of nitrogens with one attached hydrogen (secondary N) is 1. The van der Waals surface area contributed by atoms with E-state index in [4.69, 9.17) is 15.2 Å². The zero-order valence-corrected chi connectivity index (χ0v) is 26.2. The van der Waals surface area contributed by atoms with Crippen molar-refractivity contribution in [1.29, 1.82) is 0 Å². The molecule has 2 aromatic heterocycles. The number of amides is 2. The van der Waals surface area contributed by atoms with Gasteiger partial charge in [0.15, 0.2) is 11.6 Å². The molecule has 0 saturated heterocycles. The first-order valence-corrected chi connectivity index (χ1v) is 15.2. The third kappa shape index (κ3) is 5.23. The van der Waals surface area contributed by atoms with Gasteiger partial charge < -0.3 is 25.6 Å². The molecule has 252 valence electrons. The standard InChI is InChI=1S/C35H29F4N5O5/c1-33(32(40)46)17-49-30-22(33)13-27(42-29(30)21-12-24(37)25(38)14-23(21)36)35(47,20-6-4-3-5-7-20)16-41-31(45)18-10-19-15-44(34(39)8-9-34)43-28(19)26(11-18)48-2/h3-7,10-15,47H,8-9,16-17H2,1-2H3,(H2,40,46)(H,41,45)/t33-,35+/m0/s1. The molecule has 3 aromatic carbocycles. The number of carbonyl (C=O) groups excluding carboxylic acids is 2. The van der Waals surface area contributed by atoms with Crippen LogP contribution >= 0.6 is 0 Å². The lowest BCUT2D eigenvalue weighted by atomic mass is 9.80. The largest absolute Gasteiger partial charge is 0.494 e. The summed E-state index contributed by atoms with van der Waals surface area (Å²) in [5.41, 5.74) is 1.98. The van der Waals surface area contributed by atoms with Crippen molar-refractivity contribution in [2.75, 3.05) is 20.3 Å². The van der Waals surface area contributed by atoms with Crippen LogP contribution in [-0.4, -0.2) is 51.9 Å². The number of alkyl halides is 1. The molecule has 0 bridgehead atoms. The van der Waals surface area contributed by atoms with Gasteiger partial charge in [0.2, 0.25) is 11.7 Å². The molecule has 1 aliphatic carbocycles. The maximum absolute atomic E-state index is 15.2. The van der Waals surface area contributed by atoms with Crippen LogP contribution < -0.4 is 20.5 Å². The maximum Gasteiger partial charge on any atom is 0.251 e. The van der Waals surface area contributed by atoms with Crippen molar-refractivity contribution < 1.29 is 41.7 Å². The molecule has 5 aromatic rings. The number of nitrogens with two attached hydrogens (primary N) is 1. The average molecular weight is 676 g/mol. The quantitative estimate of drug-likeness (QED) is 0.151. The number of rotatable bonds is 9. The van der Waals surface area contributed by atoms with Gasteiger partial charge >= 0.3 is 0 Å². The van der Waals surface area contributed by atoms with E-state index in [2.05, 4.69) is 15.4 Å². The highest BCUT2D eigenvalue weighted by Gasteiger charge is 2.47. The fourth-order valence-electron chi connectivity index (χ4n) is 5.98. The summed E-state index contributed by atoms with van der Waals surface area (Å²) in [7, 11) is 1.39. The Morgan fingerprint density at radius 3 is 2.47 bits per heavy atom. The number of primary amides is 1. The molecular weight excluding hydrogens is 646 g/mol. The summed E-state index contributed by atoms with van der Waals surface area (Å²) in [6.07, 6.45) is 2.13. The van der Waals surface area contributed by atoms with Crippen LogP contribution in [0.3, 0.4) is 0 Å². The highest BCUT2D eigenvalue weighted by Crippen LogP contribution is 2.47. The smallest absolute Gasteiger partial charge is 0.251 e. The number of carbonyl (C=O) groups is 2. The fourth-order valence-corrected chi connectivity index (χ4v) is 5.98. The predicted octanol–water partition coefficient (Wildman–Crippen LogP) is 4.74. The Kier molecular flexibility index (Phi) is 7.39. The summed E-state index contributed by atoms with van der Waals surface area (Å²) in [6.45, 7) is 0.702. The molecule has 2 aliphatic rings. The van der Waals surface area contributed by atoms with Crippen molar-refractivity contribution in [3.8, 4) is 22.8 Å². The third-order valence-electron chi connectivity index (χ3n) is 9.19. The summed E-state index contributed by atoms with van der Waals surface area (Å²) < 4.78 is 70.8. The van der Waals surface area contributed by atoms with Gasteiger partial charge in [-0.15, -0.1) is 0 Å². The fraction of sp³-hybridized carbons (Fsp3) is 0.257. The number of aliphatic hydroxyl groups is 1. The SMILES string of the molecule is COc1cc(C(=O)NC[C@@](O)(c2ccccc2)c2cc3c(c(-c4cc(F)c(F)cc4F)n2)OC[C@]3(C)C(N)=O)cc2cn(C3(F)CC3)nc12. The Labute approximate surface area is 276 Å². The van der Waals surface area contributed by atoms with Gasteiger partial charge in [-0.2, -0.15) is 5.10 Å². The molecule has 1 fully saturated rings. The van der Waals surface area contributed by atoms with E-state index in [9.17, 15) is 27.9 Å². The molecule has 4 N–H and O–H groups in total. The van der Waals surface area contributed by atoms with E-state index in [1.54, 1.807) is 30.3 Å². The number of hydrogen-bond donors (Lipinski definition) is 3. The van der Waals surface area contributed by atoms with Gasteiger partial charge in [0, 0.05) is 47.2 Å². The minimum Gasteiger partial charge on any atom is -0.494 e. The van der Waals surface area contributed by atoms with Crippen molar-refractivity contribution in [3.63, 3.8) is 0 Å². The minimum absolute atomic E-state index is 0.100. The Bertz CT molecular complexity index is 2170. The van der Waals surface area contributed by atoms with Crippen LogP contribution in [0.4, 0.5) is 17.6 Å². The number of hydrogen-bond acceptors (Lipinski definition) is 7. The van der Waals surface area contributed by atoms with E-state index in [1.165, 1.54) is 43.1 Å². The van der Waals surface area contributed by atoms with Crippen LogP contribution in [0.15, 0.2) is 66.9 Å². The Balaban J connectivity index is 1.33. The number of halogens is 4. The van der Waals surface area contributed by atoms with E-state index in [-0.39, 0.29) is 46.2 Å². The van der Waals surface area contributed by atoms with Crippen LogP contribution in [0.5, 0.6) is 11.5 Å². The second kappa shape index (κ2) is 11.3. The first-order chi connectivity index (χ1) is 23.3. The van der Waals surface area contributed by atoms with Gasteiger partial charge in [-0.3, -0.25) is 9.59 Å². The average Bonchev–Trinajstić information content (AvgIpc) is 3.52. The molecule has 10 nitrogen and oxygen atoms in total. The highest BCUT2D eigenvalue weighted by atomic mass is 19.2. The monoisotopic (exact) mass is 675 g/mol. The van der Waals surface area contributed by atoms with Gasteiger partial charge in [-0.1, -0.05) is 30.3 Å². The van der Waals surface area contributed by atoms with E-state index in [0.29, 0.717) is 35.9 Å². The number of ether oxygens (including phenoxy) is 2. The molecule has 1 aliphatic heterocycles. The van der Waals surface area contributed by atoms with Gasteiger partial charge in [0.1, 0.15) is 46.1 Å². The zero-order chi connectivity index (χ0) is 34.9. The first-order valence-electron chi connectivity index (χ1n) is 15.2. The minimum atomic E-state index is -2.15. The normalized spacial score (nSPS) is 18.8. The molecule has 0 radical (unpaired) electrons. The maximum atomic E-state index is 15.2. The third-order valence-corrected chi connectivity index (χ3v) is 9.19. The summed E-state index contributed by atoms with van der Waals surface area (Å²) in [5, 5.41) is 19.9. The van der Waals surface area contributed by atoms with Gasteiger partial charge in [0.25, 0.3) is 5.91 Å². The molecule has 0 unspecified atom stereocenters. The lowest BCUT2D eigenvalue weighted by Gasteiger charge is -2.30. The lowest BCUT2D eigenvalue weighted by Crippen LogP contribution is -2.43. The first kappa shape index (κ1) is 32.1. The van der Waals surface area contributed by atoms with Crippen LogP contribution in [-0.2, 0) is 21.6 Å². The second-order valence-electron chi connectivity index (χ2n) is 12.5. The number of pyridine rings is 1. The molecule has 0 spiro atoms. The van der Waals surface area contributed by atoms with Crippen molar-refractivity contribution >= 4 is 22.7 Å². The van der Waals surface area contributed by atoms with Crippen molar-refractivity contribution in [1.82, 2.24) is 20.1 Å². The number of aromatic nitrogens is 3. The van der Waals surface area contributed by atoms with Crippen LogP contribution in [0.2, 0.25) is 0 Å². The van der Waals surface area contributed by atoms with E-state index < -0.39 is 58.2 Å². The van der Waals surface area contributed by atoms with Gasteiger partial charge in [0.05, 0.1) is 19.3 Å². The molecule has 1 saturated carbocycles. The van der Waals surface area contributed by atoms with Crippen molar-refractivity contribution in [2.45, 2.75) is 36.6 Å². The van der Waals surface area contributed by atoms with E-state index in [0.717, 1.165) is 0 Å². The number of fused-ring (bicyclic) bond motifs is 2. The van der Waals surface area contributed by atoms with Gasteiger partial charge in [-0.05, 0) is 36.8 Å². The van der Waals surface area contributed by atoms with E-state index >= 15 is 4.39 Å². The molecule has 49 heavy (non-hydrogen) atoms. The molecule has 14 heteroatoms. The summed E-state index contributed by atoms with van der Waals surface area (Å²) in [6, 6.07) is 13.4. The zero-order valence-electron chi connectivity index (χ0n) is 26.2. The molecule has 2 amide bonds. The Morgan fingerprint density at radius 1 is 1.08 bits per heavy atom. The molecule has 7 rings (SSSR count). The van der Waals surface area contributed by atoms with Crippen LogP contribution in [0.1, 0.15) is 46.9 Å². The molecule has 3 heterocycles.